The molecule has 1 aromatic heterocycles. The SMILES string of the molecule is ClCc1nnc(CCCc2ccccc2)n1C1CC1. The summed E-state index contributed by atoms with van der Waals surface area (Å²) in [5.41, 5.74) is 1.39. The quantitative estimate of drug-likeness (QED) is 0.755. The molecular weight excluding hydrogens is 258 g/mol. The molecule has 1 saturated carbocycles. The first-order valence-corrected chi connectivity index (χ1v) is 7.44. The van der Waals surface area contributed by atoms with Gasteiger partial charge in [-0.25, -0.2) is 0 Å². The molecule has 0 amide bonds. The van der Waals surface area contributed by atoms with E-state index in [1.54, 1.807) is 0 Å². The van der Waals surface area contributed by atoms with Gasteiger partial charge in [-0.2, -0.15) is 0 Å². The van der Waals surface area contributed by atoms with E-state index in [0.29, 0.717) is 11.9 Å². The molecule has 0 N–H and O–H groups in total. The molecule has 19 heavy (non-hydrogen) atoms. The Labute approximate surface area is 118 Å². The highest BCUT2D eigenvalue weighted by atomic mass is 35.5. The Morgan fingerprint density at radius 3 is 2.47 bits per heavy atom. The van der Waals surface area contributed by atoms with E-state index in [1.807, 2.05) is 0 Å². The first-order valence-electron chi connectivity index (χ1n) is 6.91. The molecular formula is C15H18ClN3. The minimum atomic E-state index is 0.461. The standard InChI is InChI=1S/C15H18ClN3/c16-11-15-18-17-14(19(15)13-9-10-13)8-4-7-12-5-2-1-3-6-12/h1-3,5-6,13H,4,7-11H2. The molecule has 0 aliphatic heterocycles. The van der Waals surface area contributed by atoms with Crippen LogP contribution in [0.4, 0.5) is 0 Å². The van der Waals surface area contributed by atoms with Crippen LogP contribution in [0, 0.1) is 0 Å². The van der Waals surface area contributed by atoms with Crippen molar-refractivity contribution in [2.75, 3.05) is 0 Å². The van der Waals surface area contributed by atoms with Crippen molar-refractivity contribution in [2.45, 2.75) is 44.0 Å². The summed E-state index contributed by atoms with van der Waals surface area (Å²) in [6.07, 6.45) is 5.67. The number of alkyl halides is 1. The Morgan fingerprint density at radius 1 is 1.05 bits per heavy atom. The molecule has 3 rings (SSSR count). The highest BCUT2D eigenvalue weighted by molar-refractivity contribution is 6.16. The van der Waals surface area contributed by atoms with Crippen molar-refractivity contribution in [1.29, 1.82) is 0 Å². The molecule has 1 aliphatic carbocycles. The van der Waals surface area contributed by atoms with Crippen molar-refractivity contribution in [3.05, 3.63) is 47.5 Å². The monoisotopic (exact) mass is 275 g/mol. The molecule has 3 nitrogen and oxygen atoms in total. The second-order valence-electron chi connectivity index (χ2n) is 5.11. The first kappa shape index (κ1) is 12.7. The smallest absolute Gasteiger partial charge is 0.148 e. The fourth-order valence-corrected chi connectivity index (χ4v) is 2.65. The fourth-order valence-electron chi connectivity index (χ4n) is 2.47. The number of aromatic nitrogens is 3. The molecule has 4 heteroatoms. The van der Waals surface area contributed by atoms with E-state index in [0.717, 1.165) is 30.9 Å². The van der Waals surface area contributed by atoms with E-state index >= 15 is 0 Å². The van der Waals surface area contributed by atoms with Gasteiger partial charge in [-0.15, -0.1) is 21.8 Å². The normalized spacial score (nSPS) is 14.8. The third-order valence-corrected chi connectivity index (χ3v) is 3.82. The number of hydrogen-bond acceptors (Lipinski definition) is 2. The molecule has 0 spiro atoms. The van der Waals surface area contributed by atoms with Crippen LogP contribution in [0.3, 0.4) is 0 Å². The van der Waals surface area contributed by atoms with Crippen molar-refractivity contribution in [1.82, 2.24) is 14.8 Å². The maximum Gasteiger partial charge on any atom is 0.148 e. The maximum absolute atomic E-state index is 5.92. The van der Waals surface area contributed by atoms with Crippen LogP contribution in [0.25, 0.3) is 0 Å². The summed E-state index contributed by atoms with van der Waals surface area (Å²) < 4.78 is 2.26. The Balaban J connectivity index is 1.62. The predicted octanol–water partition coefficient (Wildman–Crippen LogP) is 3.53. The molecule has 0 bridgehead atoms. The minimum absolute atomic E-state index is 0.461. The minimum Gasteiger partial charge on any atom is -0.311 e. The van der Waals surface area contributed by atoms with Crippen molar-refractivity contribution in [3.63, 3.8) is 0 Å². The van der Waals surface area contributed by atoms with Crippen molar-refractivity contribution < 1.29 is 0 Å². The molecule has 0 unspecified atom stereocenters. The molecule has 0 atom stereocenters. The molecule has 2 aromatic rings. The van der Waals surface area contributed by atoms with Gasteiger partial charge in [0.05, 0.1) is 5.88 Å². The van der Waals surface area contributed by atoms with Gasteiger partial charge in [-0.1, -0.05) is 30.3 Å². The molecule has 1 heterocycles. The molecule has 1 aliphatic rings. The molecule has 100 valence electrons. The van der Waals surface area contributed by atoms with Crippen molar-refractivity contribution >= 4 is 11.6 Å². The highest BCUT2D eigenvalue weighted by Gasteiger charge is 2.28. The van der Waals surface area contributed by atoms with Crippen LogP contribution in [0.5, 0.6) is 0 Å². The van der Waals surface area contributed by atoms with Crippen LogP contribution in [0.15, 0.2) is 30.3 Å². The zero-order valence-corrected chi connectivity index (χ0v) is 11.7. The van der Waals surface area contributed by atoms with Crippen LogP contribution in [-0.2, 0) is 18.7 Å². The largest absolute Gasteiger partial charge is 0.311 e. The Hall–Kier alpha value is -1.35. The zero-order chi connectivity index (χ0) is 13.1. The molecule has 1 aromatic carbocycles. The van der Waals surface area contributed by atoms with Gasteiger partial charge in [0.1, 0.15) is 11.6 Å². The summed E-state index contributed by atoms with van der Waals surface area (Å²) in [4.78, 5) is 0. The number of aryl methyl sites for hydroxylation is 2. The van der Waals surface area contributed by atoms with Gasteiger partial charge in [0.15, 0.2) is 0 Å². The number of halogens is 1. The lowest BCUT2D eigenvalue weighted by atomic mass is 10.1. The third kappa shape index (κ3) is 2.98. The van der Waals surface area contributed by atoms with Gasteiger partial charge in [-0.3, -0.25) is 0 Å². The Morgan fingerprint density at radius 2 is 1.79 bits per heavy atom. The summed E-state index contributed by atoms with van der Waals surface area (Å²) in [7, 11) is 0. The Bertz CT molecular complexity index is 532. The second kappa shape index (κ2) is 5.74. The molecule has 1 fully saturated rings. The van der Waals surface area contributed by atoms with Crippen molar-refractivity contribution in [3.8, 4) is 0 Å². The van der Waals surface area contributed by atoms with Crippen LogP contribution < -0.4 is 0 Å². The van der Waals surface area contributed by atoms with Crippen molar-refractivity contribution in [2.24, 2.45) is 0 Å². The summed E-state index contributed by atoms with van der Waals surface area (Å²) in [5, 5.41) is 8.51. The summed E-state index contributed by atoms with van der Waals surface area (Å²) in [5.74, 6) is 2.50. The lowest BCUT2D eigenvalue weighted by Gasteiger charge is -2.07. The number of rotatable bonds is 6. The average molecular weight is 276 g/mol. The molecule has 0 radical (unpaired) electrons. The van der Waals surface area contributed by atoms with E-state index in [1.165, 1.54) is 18.4 Å². The van der Waals surface area contributed by atoms with E-state index in [9.17, 15) is 0 Å². The van der Waals surface area contributed by atoms with Gasteiger partial charge in [0.25, 0.3) is 0 Å². The van der Waals surface area contributed by atoms with Gasteiger partial charge < -0.3 is 4.57 Å². The fraction of sp³-hybridized carbons (Fsp3) is 0.467. The summed E-state index contributed by atoms with van der Waals surface area (Å²) >= 11 is 5.92. The van der Waals surface area contributed by atoms with Crippen LogP contribution >= 0.6 is 11.6 Å². The van der Waals surface area contributed by atoms with Crippen LogP contribution in [0.1, 0.15) is 42.5 Å². The summed E-state index contributed by atoms with van der Waals surface area (Å²) in [6, 6.07) is 11.2. The van der Waals surface area contributed by atoms with Gasteiger partial charge in [0, 0.05) is 12.5 Å². The first-order chi connectivity index (χ1) is 9.38. The average Bonchev–Trinajstić information content (AvgIpc) is 3.21. The lowest BCUT2D eigenvalue weighted by molar-refractivity contribution is 0.639. The lowest BCUT2D eigenvalue weighted by Crippen LogP contribution is -2.05. The van der Waals surface area contributed by atoms with Gasteiger partial charge in [-0.05, 0) is 31.2 Å². The Kier molecular flexibility index (Phi) is 3.83. The third-order valence-electron chi connectivity index (χ3n) is 3.58. The van der Waals surface area contributed by atoms with E-state index < -0.39 is 0 Å². The maximum atomic E-state index is 5.92. The number of hydrogen-bond donors (Lipinski definition) is 0. The van der Waals surface area contributed by atoms with E-state index in [-0.39, 0.29) is 0 Å². The van der Waals surface area contributed by atoms with Crippen LogP contribution in [0.2, 0.25) is 0 Å². The van der Waals surface area contributed by atoms with Crippen LogP contribution in [-0.4, -0.2) is 14.8 Å². The number of nitrogens with zero attached hydrogens (tertiary/aromatic N) is 3. The van der Waals surface area contributed by atoms with E-state index in [4.69, 9.17) is 11.6 Å². The van der Waals surface area contributed by atoms with Gasteiger partial charge >= 0.3 is 0 Å². The van der Waals surface area contributed by atoms with E-state index in [2.05, 4.69) is 45.1 Å². The summed E-state index contributed by atoms with van der Waals surface area (Å²) in [6.45, 7) is 0. The highest BCUT2D eigenvalue weighted by Crippen LogP contribution is 2.37. The predicted molar refractivity (Wildman–Crippen MR) is 76.3 cm³/mol. The van der Waals surface area contributed by atoms with Gasteiger partial charge in [0.2, 0.25) is 0 Å². The molecule has 0 saturated heterocycles. The zero-order valence-electron chi connectivity index (χ0n) is 10.9. The topological polar surface area (TPSA) is 30.7 Å². The number of benzene rings is 1. The second-order valence-corrected chi connectivity index (χ2v) is 5.37.